The van der Waals surface area contributed by atoms with Crippen LogP contribution in [0.1, 0.15) is 24.5 Å². The van der Waals surface area contributed by atoms with Crippen LogP contribution in [0.5, 0.6) is 5.75 Å². The zero-order valence-electron chi connectivity index (χ0n) is 13.1. The van der Waals surface area contributed by atoms with Gasteiger partial charge in [0.1, 0.15) is 0 Å². The Bertz CT molecular complexity index is 777. The van der Waals surface area contributed by atoms with Gasteiger partial charge in [0.15, 0.2) is 18.2 Å². The lowest BCUT2D eigenvalue weighted by Gasteiger charge is -2.32. The van der Waals surface area contributed by atoms with Crippen molar-refractivity contribution >= 4 is 5.91 Å². The predicted octanol–water partition coefficient (Wildman–Crippen LogP) is 1.69. The Morgan fingerprint density at radius 3 is 3.00 bits per heavy atom. The summed E-state index contributed by atoms with van der Waals surface area (Å²) < 4.78 is 18.8. The molecule has 0 unspecified atom stereocenters. The van der Waals surface area contributed by atoms with Crippen molar-refractivity contribution in [2.45, 2.75) is 18.8 Å². The molecule has 2 heterocycles. The predicted molar refractivity (Wildman–Crippen MR) is 85.3 cm³/mol. The van der Waals surface area contributed by atoms with E-state index >= 15 is 0 Å². The summed E-state index contributed by atoms with van der Waals surface area (Å²) in [4.78, 5) is 31.7. The van der Waals surface area contributed by atoms with Crippen molar-refractivity contribution in [1.29, 1.82) is 0 Å². The molecule has 0 bridgehead atoms. The second-order valence-corrected chi connectivity index (χ2v) is 5.73. The van der Waals surface area contributed by atoms with Gasteiger partial charge in [0.2, 0.25) is 0 Å². The van der Waals surface area contributed by atoms with Crippen molar-refractivity contribution in [1.82, 2.24) is 14.9 Å². The van der Waals surface area contributed by atoms with E-state index in [1.165, 1.54) is 18.3 Å². The molecule has 24 heavy (non-hydrogen) atoms. The molecular weight excluding hydrogens is 313 g/mol. The van der Waals surface area contributed by atoms with E-state index in [9.17, 15) is 14.0 Å². The number of piperidine rings is 1. The van der Waals surface area contributed by atoms with Gasteiger partial charge in [-0.15, -0.1) is 0 Å². The molecule has 1 amide bonds. The number of rotatable bonds is 4. The molecule has 3 rings (SSSR count). The average Bonchev–Trinajstić information content (AvgIpc) is 2.61. The first kappa shape index (κ1) is 16.2. The van der Waals surface area contributed by atoms with Gasteiger partial charge in [-0.05, 0) is 31.0 Å². The van der Waals surface area contributed by atoms with E-state index in [0.29, 0.717) is 13.1 Å². The smallest absolute Gasteiger partial charge is 0.345 e. The highest BCUT2D eigenvalue weighted by Crippen LogP contribution is 2.25. The molecule has 0 radical (unpaired) electrons. The number of nitrogens with one attached hydrogen (secondary N) is 1. The minimum absolute atomic E-state index is 0.0619. The number of hydrogen-bond donors (Lipinski definition) is 1. The van der Waals surface area contributed by atoms with Crippen molar-refractivity contribution in [3.05, 3.63) is 58.5 Å². The zero-order chi connectivity index (χ0) is 16.9. The van der Waals surface area contributed by atoms with E-state index in [4.69, 9.17) is 4.74 Å². The maximum Gasteiger partial charge on any atom is 0.345 e. The van der Waals surface area contributed by atoms with E-state index in [-0.39, 0.29) is 29.9 Å². The monoisotopic (exact) mass is 331 g/mol. The molecule has 0 spiro atoms. The Balaban J connectivity index is 1.61. The van der Waals surface area contributed by atoms with Gasteiger partial charge in [0.05, 0.1) is 0 Å². The second kappa shape index (κ2) is 7.25. The molecule has 6 nitrogen and oxygen atoms in total. The Kier molecular flexibility index (Phi) is 4.88. The number of carbonyl (C=O) groups excluding carboxylic acids is 1. The summed E-state index contributed by atoms with van der Waals surface area (Å²) in [5, 5.41) is 0. The van der Waals surface area contributed by atoms with Crippen LogP contribution >= 0.6 is 0 Å². The molecule has 1 fully saturated rings. The molecule has 1 aromatic carbocycles. The maximum absolute atomic E-state index is 13.5. The fraction of sp³-hybridized carbons (Fsp3) is 0.353. The average molecular weight is 331 g/mol. The van der Waals surface area contributed by atoms with E-state index in [2.05, 4.69) is 9.97 Å². The number of ether oxygens (including phenoxy) is 1. The molecule has 2 aromatic rings. The molecule has 1 saturated heterocycles. The summed E-state index contributed by atoms with van der Waals surface area (Å²) in [5.41, 5.74) is 0.390. The number of likely N-dealkylation sites (tertiary alicyclic amines) is 1. The van der Waals surface area contributed by atoms with Crippen LogP contribution in [0.4, 0.5) is 4.39 Å². The number of H-pyrrole nitrogens is 1. The van der Waals surface area contributed by atoms with Gasteiger partial charge in [-0.25, -0.2) is 14.2 Å². The van der Waals surface area contributed by atoms with E-state index in [1.807, 2.05) is 0 Å². The Labute approximate surface area is 138 Å². The lowest BCUT2D eigenvalue weighted by Crippen LogP contribution is -2.42. The first-order valence-corrected chi connectivity index (χ1v) is 7.84. The molecule has 1 aliphatic rings. The van der Waals surface area contributed by atoms with Crippen molar-refractivity contribution in [2.75, 3.05) is 19.7 Å². The minimum Gasteiger partial charge on any atom is -0.481 e. The first-order chi connectivity index (χ1) is 11.6. The number of amides is 1. The highest BCUT2D eigenvalue weighted by Gasteiger charge is 2.25. The molecule has 126 valence electrons. The standard InChI is InChI=1S/C17H18FN3O3/c18-13-5-1-2-6-15(13)24-11-16(22)21-9-3-4-12(10-21)14-7-8-19-17(23)20-14/h1-2,5-8,12H,3-4,9-11H2,(H,19,20,23)/t12-/m1/s1. The van der Waals surface area contributed by atoms with Gasteiger partial charge < -0.3 is 14.6 Å². The lowest BCUT2D eigenvalue weighted by atomic mass is 9.94. The normalized spacial score (nSPS) is 17.5. The first-order valence-electron chi connectivity index (χ1n) is 7.84. The summed E-state index contributed by atoms with van der Waals surface area (Å²) in [5.74, 6) is -0.555. The van der Waals surface area contributed by atoms with Gasteiger partial charge >= 0.3 is 5.69 Å². The lowest BCUT2D eigenvalue weighted by molar-refractivity contribution is -0.134. The summed E-state index contributed by atoms with van der Waals surface area (Å²) in [6.45, 7) is 0.922. The number of hydrogen-bond acceptors (Lipinski definition) is 4. The van der Waals surface area contributed by atoms with Gasteiger partial charge in [0, 0.05) is 30.9 Å². The second-order valence-electron chi connectivity index (χ2n) is 5.73. The fourth-order valence-corrected chi connectivity index (χ4v) is 2.87. The Hall–Kier alpha value is -2.70. The van der Waals surface area contributed by atoms with E-state index < -0.39 is 5.82 Å². The Morgan fingerprint density at radius 2 is 2.21 bits per heavy atom. The molecule has 1 N–H and O–H groups in total. The van der Waals surface area contributed by atoms with Crippen LogP contribution < -0.4 is 10.4 Å². The van der Waals surface area contributed by atoms with Crippen LogP contribution in [-0.4, -0.2) is 40.5 Å². The number of benzene rings is 1. The van der Waals surface area contributed by atoms with Crippen molar-refractivity contribution < 1.29 is 13.9 Å². The van der Waals surface area contributed by atoms with Crippen LogP contribution in [0, 0.1) is 5.82 Å². The van der Waals surface area contributed by atoms with Crippen LogP contribution in [0.3, 0.4) is 0 Å². The van der Waals surface area contributed by atoms with Crippen molar-refractivity contribution in [2.24, 2.45) is 0 Å². The van der Waals surface area contributed by atoms with Gasteiger partial charge in [-0.3, -0.25) is 4.79 Å². The number of aromatic nitrogens is 2. The summed E-state index contributed by atoms with van der Waals surface area (Å²) in [6, 6.07) is 7.75. The molecule has 1 aromatic heterocycles. The number of aromatic amines is 1. The third-order valence-corrected chi connectivity index (χ3v) is 4.10. The highest BCUT2D eigenvalue weighted by molar-refractivity contribution is 5.78. The van der Waals surface area contributed by atoms with Crippen LogP contribution in [0.15, 0.2) is 41.3 Å². The topological polar surface area (TPSA) is 75.3 Å². The number of carbonyl (C=O) groups is 1. The van der Waals surface area contributed by atoms with E-state index in [0.717, 1.165) is 18.5 Å². The quantitative estimate of drug-likeness (QED) is 0.925. The largest absolute Gasteiger partial charge is 0.481 e. The molecular formula is C17H18FN3O3. The van der Waals surface area contributed by atoms with Crippen molar-refractivity contribution in [3.8, 4) is 5.75 Å². The van der Waals surface area contributed by atoms with Gasteiger partial charge in [-0.2, -0.15) is 0 Å². The zero-order valence-corrected chi connectivity index (χ0v) is 13.1. The minimum atomic E-state index is -0.490. The summed E-state index contributed by atoms with van der Waals surface area (Å²) in [7, 11) is 0. The molecule has 0 saturated carbocycles. The third kappa shape index (κ3) is 3.79. The summed E-state index contributed by atoms with van der Waals surface area (Å²) >= 11 is 0. The molecule has 1 aliphatic heterocycles. The maximum atomic E-state index is 13.5. The summed E-state index contributed by atoms with van der Waals surface area (Å²) in [6.07, 6.45) is 3.19. The van der Waals surface area contributed by atoms with Crippen LogP contribution in [0.25, 0.3) is 0 Å². The number of halogens is 1. The van der Waals surface area contributed by atoms with Crippen LogP contribution in [0.2, 0.25) is 0 Å². The third-order valence-electron chi connectivity index (χ3n) is 4.10. The highest BCUT2D eigenvalue weighted by atomic mass is 19.1. The SMILES string of the molecule is O=C(COc1ccccc1F)N1CCC[C@@H](c2ccnc(=O)[nH]2)C1. The van der Waals surface area contributed by atoms with Crippen molar-refractivity contribution in [3.63, 3.8) is 0 Å². The van der Waals surface area contributed by atoms with Gasteiger partial charge in [-0.1, -0.05) is 12.1 Å². The number of nitrogens with zero attached hydrogens (tertiary/aromatic N) is 2. The number of para-hydroxylation sites is 1. The molecule has 7 heteroatoms. The van der Waals surface area contributed by atoms with Crippen LogP contribution in [-0.2, 0) is 4.79 Å². The van der Waals surface area contributed by atoms with Gasteiger partial charge in [0.25, 0.3) is 5.91 Å². The molecule has 0 aliphatic carbocycles. The Morgan fingerprint density at radius 1 is 1.38 bits per heavy atom. The van der Waals surface area contributed by atoms with E-state index in [1.54, 1.807) is 23.1 Å². The fourth-order valence-electron chi connectivity index (χ4n) is 2.87. The molecule has 1 atom stereocenters.